The van der Waals surface area contributed by atoms with Gasteiger partial charge in [0.15, 0.2) is 0 Å². The van der Waals surface area contributed by atoms with Crippen LogP contribution in [-0.4, -0.2) is 29.4 Å². The first-order valence-corrected chi connectivity index (χ1v) is 13.8. The van der Waals surface area contributed by atoms with Gasteiger partial charge in [-0.3, -0.25) is 4.90 Å². The van der Waals surface area contributed by atoms with Gasteiger partial charge in [-0.25, -0.2) is 0 Å². The summed E-state index contributed by atoms with van der Waals surface area (Å²) in [6, 6.07) is 47.1. The Labute approximate surface area is 235 Å². The van der Waals surface area contributed by atoms with Crippen LogP contribution in [0.1, 0.15) is 27.8 Å². The molecule has 1 aliphatic heterocycles. The summed E-state index contributed by atoms with van der Waals surface area (Å²) >= 11 is 0. The highest BCUT2D eigenvalue weighted by atomic mass is 16.6. The summed E-state index contributed by atoms with van der Waals surface area (Å²) in [5, 5.41) is 12.4. The molecule has 2 atom stereocenters. The van der Waals surface area contributed by atoms with Crippen molar-refractivity contribution in [1.82, 2.24) is 4.90 Å². The van der Waals surface area contributed by atoms with Crippen LogP contribution in [0, 0.1) is 0 Å². The molecule has 5 aromatic rings. The topological polar surface area (TPSA) is 41.9 Å². The summed E-state index contributed by atoms with van der Waals surface area (Å²) in [6.45, 7) is 0.948. The molecule has 0 radical (unpaired) electrons. The van der Waals surface area contributed by atoms with E-state index < -0.39 is 17.4 Å². The first kappa shape index (κ1) is 24.9. The number of benzene rings is 5. The highest BCUT2D eigenvalue weighted by Gasteiger charge is 2.59. The smallest absolute Gasteiger partial charge is 0.212 e. The zero-order valence-electron chi connectivity index (χ0n) is 22.2. The molecule has 1 heterocycles. The summed E-state index contributed by atoms with van der Waals surface area (Å²) in [5.74, 6) is -1.56. The van der Waals surface area contributed by atoms with Gasteiger partial charge in [-0.2, -0.15) is 0 Å². The minimum absolute atomic E-state index is 0.225. The van der Waals surface area contributed by atoms with Gasteiger partial charge < -0.3 is 14.6 Å². The van der Waals surface area contributed by atoms with E-state index in [0.29, 0.717) is 12.2 Å². The average Bonchev–Trinajstić information content (AvgIpc) is 3.52. The van der Waals surface area contributed by atoms with Crippen molar-refractivity contribution in [2.45, 2.75) is 24.0 Å². The number of fused-ring (bicyclic) bond motifs is 3. The third kappa shape index (κ3) is 3.84. The second kappa shape index (κ2) is 10.2. The molecule has 4 nitrogen and oxygen atoms in total. The molecule has 5 aromatic carbocycles. The molecule has 1 fully saturated rings. The lowest BCUT2D eigenvalue weighted by Crippen LogP contribution is -2.55. The molecule has 2 aliphatic rings. The zero-order valence-corrected chi connectivity index (χ0v) is 22.2. The molecule has 0 saturated carbocycles. The number of aliphatic hydroxyl groups is 1. The predicted octanol–water partition coefficient (Wildman–Crippen LogP) is 6.68. The van der Waals surface area contributed by atoms with Gasteiger partial charge in [0.1, 0.15) is 12.3 Å². The molecule has 1 unspecified atom stereocenters. The standard InChI is InChI=1S/C36H31NO3/c38-36(29-18-8-3-9-19-29)34(25-39-24-27-14-4-1-5-15-27)37(26-40-36)35(28-16-6-2-7-17-28)32-22-12-10-20-30(32)31-21-11-13-23-33(31)35/h1-23,34,38H,24-26H2/t34-,36?/m0/s1. The van der Waals surface area contributed by atoms with E-state index in [0.717, 1.165) is 11.1 Å². The Morgan fingerprint density at radius 3 is 1.75 bits per heavy atom. The van der Waals surface area contributed by atoms with Gasteiger partial charge in [-0.15, -0.1) is 0 Å². The first-order valence-electron chi connectivity index (χ1n) is 13.8. The van der Waals surface area contributed by atoms with Crippen molar-refractivity contribution in [3.63, 3.8) is 0 Å². The molecule has 0 aromatic heterocycles. The van der Waals surface area contributed by atoms with Gasteiger partial charge in [0.05, 0.1) is 19.3 Å². The molecule has 7 rings (SSSR count). The second-order valence-electron chi connectivity index (χ2n) is 10.5. The molecular weight excluding hydrogens is 494 g/mol. The van der Waals surface area contributed by atoms with Crippen molar-refractivity contribution in [2.75, 3.05) is 13.3 Å². The summed E-state index contributed by atoms with van der Waals surface area (Å²) in [6.07, 6.45) is 0. The Morgan fingerprint density at radius 1 is 0.650 bits per heavy atom. The summed E-state index contributed by atoms with van der Waals surface area (Å²) in [4.78, 5) is 2.31. The highest BCUT2D eigenvalue weighted by molar-refractivity contribution is 5.83. The second-order valence-corrected chi connectivity index (χ2v) is 10.5. The SMILES string of the molecule is OC1(c2ccccc2)OCN(C2(c3ccccc3)c3ccccc3-c3ccccc32)[C@H]1COCc1ccccc1. The van der Waals surface area contributed by atoms with Gasteiger partial charge >= 0.3 is 0 Å². The minimum Gasteiger partial charge on any atom is -0.375 e. The monoisotopic (exact) mass is 525 g/mol. The third-order valence-corrected chi connectivity index (χ3v) is 8.37. The number of rotatable bonds is 7. The van der Waals surface area contributed by atoms with Crippen LogP contribution < -0.4 is 0 Å². The fourth-order valence-corrected chi connectivity index (χ4v) is 6.59. The van der Waals surface area contributed by atoms with E-state index in [2.05, 4.69) is 89.8 Å². The quantitative estimate of drug-likeness (QED) is 0.257. The number of hydrogen-bond acceptors (Lipinski definition) is 4. The van der Waals surface area contributed by atoms with Crippen LogP contribution in [0.4, 0.5) is 0 Å². The Bertz CT molecular complexity index is 1560. The summed E-state index contributed by atoms with van der Waals surface area (Å²) < 4.78 is 12.8. The van der Waals surface area contributed by atoms with E-state index in [1.54, 1.807) is 0 Å². The van der Waals surface area contributed by atoms with Crippen LogP contribution in [0.5, 0.6) is 0 Å². The maximum Gasteiger partial charge on any atom is 0.212 e. The van der Waals surface area contributed by atoms with E-state index >= 15 is 0 Å². The Balaban J connectivity index is 1.41. The predicted molar refractivity (Wildman–Crippen MR) is 156 cm³/mol. The van der Waals surface area contributed by atoms with Crippen molar-refractivity contribution in [3.05, 3.63) is 167 Å². The molecule has 1 saturated heterocycles. The minimum atomic E-state index is -1.56. The van der Waals surface area contributed by atoms with Gasteiger partial charge in [0, 0.05) is 5.56 Å². The molecular formula is C36H31NO3. The van der Waals surface area contributed by atoms with Crippen molar-refractivity contribution < 1.29 is 14.6 Å². The summed E-state index contributed by atoms with van der Waals surface area (Å²) in [5.41, 5.74) is 6.99. The van der Waals surface area contributed by atoms with Gasteiger partial charge in [0.2, 0.25) is 5.79 Å². The van der Waals surface area contributed by atoms with Crippen LogP contribution in [0.15, 0.2) is 140 Å². The molecule has 4 heteroatoms. The summed E-state index contributed by atoms with van der Waals surface area (Å²) in [7, 11) is 0. The van der Waals surface area contributed by atoms with Crippen LogP contribution >= 0.6 is 0 Å². The maximum absolute atomic E-state index is 12.4. The van der Waals surface area contributed by atoms with Crippen LogP contribution in [-0.2, 0) is 27.4 Å². The molecule has 198 valence electrons. The van der Waals surface area contributed by atoms with Crippen molar-refractivity contribution >= 4 is 0 Å². The lowest BCUT2D eigenvalue weighted by atomic mass is 9.77. The van der Waals surface area contributed by atoms with Gasteiger partial charge in [-0.05, 0) is 33.4 Å². The molecule has 40 heavy (non-hydrogen) atoms. The lowest BCUT2D eigenvalue weighted by molar-refractivity contribution is -0.195. The number of hydrogen-bond donors (Lipinski definition) is 1. The average molecular weight is 526 g/mol. The molecule has 1 aliphatic carbocycles. The molecule has 1 N–H and O–H groups in total. The Hall–Kier alpha value is -4.06. The zero-order chi connectivity index (χ0) is 27.0. The van der Waals surface area contributed by atoms with E-state index in [4.69, 9.17) is 9.47 Å². The third-order valence-electron chi connectivity index (χ3n) is 8.37. The Kier molecular flexibility index (Phi) is 6.34. The van der Waals surface area contributed by atoms with Crippen LogP contribution in [0.25, 0.3) is 11.1 Å². The van der Waals surface area contributed by atoms with Crippen LogP contribution in [0.2, 0.25) is 0 Å². The normalized spacial score (nSPS) is 21.2. The fourth-order valence-electron chi connectivity index (χ4n) is 6.59. The van der Waals surface area contributed by atoms with Crippen molar-refractivity contribution in [3.8, 4) is 11.1 Å². The Morgan fingerprint density at radius 2 is 1.15 bits per heavy atom. The molecule has 0 spiro atoms. The first-order chi connectivity index (χ1) is 19.7. The van der Waals surface area contributed by atoms with E-state index in [1.165, 1.54) is 22.3 Å². The number of ether oxygens (including phenoxy) is 2. The molecule has 0 bridgehead atoms. The van der Waals surface area contributed by atoms with E-state index in [9.17, 15) is 5.11 Å². The lowest BCUT2D eigenvalue weighted by Gasteiger charge is -2.45. The van der Waals surface area contributed by atoms with E-state index in [-0.39, 0.29) is 13.3 Å². The van der Waals surface area contributed by atoms with Crippen molar-refractivity contribution in [2.24, 2.45) is 0 Å². The highest BCUT2D eigenvalue weighted by Crippen LogP contribution is 2.57. The molecule has 0 amide bonds. The van der Waals surface area contributed by atoms with Gasteiger partial charge in [-0.1, -0.05) is 140 Å². The van der Waals surface area contributed by atoms with Crippen molar-refractivity contribution in [1.29, 1.82) is 0 Å². The van der Waals surface area contributed by atoms with Crippen LogP contribution in [0.3, 0.4) is 0 Å². The maximum atomic E-state index is 12.4. The number of nitrogens with zero attached hydrogens (tertiary/aromatic N) is 1. The fraction of sp³-hybridized carbons (Fsp3) is 0.167. The van der Waals surface area contributed by atoms with E-state index in [1.807, 2.05) is 54.6 Å². The largest absolute Gasteiger partial charge is 0.375 e. The van der Waals surface area contributed by atoms with Gasteiger partial charge in [0.25, 0.3) is 0 Å².